The highest BCUT2D eigenvalue weighted by Gasteiger charge is 2.30. The van der Waals surface area contributed by atoms with Crippen molar-refractivity contribution >= 4 is 23.6 Å². The zero-order valence-electron chi connectivity index (χ0n) is 10.1. The number of morpholine rings is 1. The first kappa shape index (κ1) is 12.4. The van der Waals surface area contributed by atoms with Gasteiger partial charge in [0, 0.05) is 17.8 Å². The molecule has 1 heterocycles. The average Bonchev–Trinajstić information content (AvgIpc) is 2.28. The van der Waals surface area contributed by atoms with Gasteiger partial charge in [-0.2, -0.15) is 0 Å². The molecule has 0 N–H and O–H groups in total. The summed E-state index contributed by atoms with van der Waals surface area (Å²) >= 11 is 6.05. The van der Waals surface area contributed by atoms with Crippen LogP contribution in [-0.4, -0.2) is 31.6 Å². The number of hydrogen-bond acceptors (Lipinski definition) is 3. The Labute approximate surface area is 106 Å². The summed E-state index contributed by atoms with van der Waals surface area (Å²) in [4.78, 5) is 13.0. The lowest BCUT2D eigenvalue weighted by atomic mass is 10.0. The number of ether oxygens (including phenoxy) is 1. The molecule has 2 rings (SSSR count). The molecule has 1 saturated heterocycles. The SMILES string of the molecule is CC1(C)COCCN1c1ccc(C=O)c(Cl)c1. The molecule has 1 aliphatic rings. The molecule has 0 amide bonds. The third-order valence-electron chi connectivity index (χ3n) is 3.07. The van der Waals surface area contributed by atoms with Gasteiger partial charge in [0.15, 0.2) is 6.29 Å². The molecule has 0 atom stereocenters. The summed E-state index contributed by atoms with van der Waals surface area (Å²) < 4.78 is 5.48. The molecule has 3 nitrogen and oxygen atoms in total. The number of carbonyl (C=O) groups is 1. The molecular formula is C13H16ClNO2. The molecule has 1 aliphatic heterocycles. The summed E-state index contributed by atoms with van der Waals surface area (Å²) in [5, 5.41) is 0.500. The molecule has 17 heavy (non-hydrogen) atoms. The van der Waals surface area contributed by atoms with E-state index >= 15 is 0 Å². The second-order valence-electron chi connectivity index (χ2n) is 4.84. The van der Waals surface area contributed by atoms with Crippen molar-refractivity contribution in [3.8, 4) is 0 Å². The molecule has 4 heteroatoms. The minimum atomic E-state index is -0.0513. The largest absolute Gasteiger partial charge is 0.377 e. The van der Waals surface area contributed by atoms with Gasteiger partial charge in [0.2, 0.25) is 0 Å². The Bertz CT molecular complexity index is 431. The minimum Gasteiger partial charge on any atom is -0.377 e. The molecule has 0 saturated carbocycles. The second kappa shape index (κ2) is 4.67. The van der Waals surface area contributed by atoms with Gasteiger partial charge in [0.05, 0.1) is 23.8 Å². The summed E-state index contributed by atoms with van der Waals surface area (Å²) in [5.74, 6) is 0. The van der Waals surface area contributed by atoms with Crippen LogP contribution >= 0.6 is 11.6 Å². The van der Waals surface area contributed by atoms with E-state index in [1.54, 1.807) is 6.07 Å². The van der Waals surface area contributed by atoms with E-state index in [2.05, 4.69) is 18.7 Å². The van der Waals surface area contributed by atoms with Gasteiger partial charge in [-0.05, 0) is 32.0 Å². The Hall–Kier alpha value is -1.06. The van der Waals surface area contributed by atoms with E-state index in [4.69, 9.17) is 16.3 Å². The number of anilines is 1. The fraction of sp³-hybridized carbons (Fsp3) is 0.462. The summed E-state index contributed by atoms with van der Waals surface area (Å²) in [6.45, 7) is 6.52. The molecule has 92 valence electrons. The molecule has 1 aromatic rings. The first-order valence-electron chi connectivity index (χ1n) is 5.65. The van der Waals surface area contributed by atoms with E-state index in [1.807, 2.05) is 12.1 Å². The Morgan fingerprint density at radius 3 is 2.82 bits per heavy atom. The molecular weight excluding hydrogens is 238 g/mol. The maximum absolute atomic E-state index is 10.7. The van der Waals surface area contributed by atoms with E-state index in [1.165, 1.54) is 0 Å². The highest BCUT2D eigenvalue weighted by atomic mass is 35.5. The molecule has 0 spiro atoms. The van der Waals surface area contributed by atoms with Gasteiger partial charge in [-0.25, -0.2) is 0 Å². The molecule has 0 radical (unpaired) electrons. The predicted molar refractivity (Wildman–Crippen MR) is 69.1 cm³/mol. The van der Waals surface area contributed by atoms with Gasteiger partial charge in [0.25, 0.3) is 0 Å². The Kier molecular flexibility index (Phi) is 3.40. The Morgan fingerprint density at radius 1 is 1.47 bits per heavy atom. The number of nitrogens with zero attached hydrogens (tertiary/aromatic N) is 1. The van der Waals surface area contributed by atoms with Gasteiger partial charge >= 0.3 is 0 Å². The van der Waals surface area contributed by atoms with Crippen LogP contribution in [-0.2, 0) is 4.74 Å². The van der Waals surface area contributed by atoms with Gasteiger partial charge in [-0.15, -0.1) is 0 Å². The van der Waals surface area contributed by atoms with Crippen molar-refractivity contribution in [1.29, 1.82) is 0 Å². The van der Waals surface area contributed by atoms with Gasteiger partial charge in [0.1, 0.15) is 0 Å². The molecule has 0 aromatic heterocycles. The lowest BCUT2D eigenvalue weighted by Gasteiger charge is -2.43. The van der Waals surface area contributed by atoms with Crippen LogP contribution in [0.3, 0.4) is 0 Å². The Balaban J connectivity index is 2.33. The Morgan fingerprint density at radius 2 is 2.24 bits per heavy atom. The van der Waals surface area contributed by atoms with Gasteiger partial charge in [-0.3, -0.25) is 4.79 Å². The third-order valence-corrected chi connectivity index (χ3v) is 3.40. The number of aldehydes is 1. The van der Waals surface area contributed by atoms with Gasteiger partial charge < -0.3 is 9.64 Å². The maximum atomic E-state index is 10.7. The summed E-state index contributed by atoms with van der Waals surface area (Å²) in [5.41, 5.74) is 1.51. The van der Waals surface area contributed by atoms with Crippen LogP contribution in [0.2, 0.25) is 5.02 Å². The van der Waals surface area contributed by atoms with E-state index in [9.17, 15) is 4.79 Å². The lowest BCUT2D eigenvalue weighted by Crippen LogP contribution is -2.53. The smallest absolute Gasteiger partial charge is 0.151 e. The first-order chi connectivity index (χ1) is 8.04. The van der Waals surface area contributed by atoms with Crippen LogP contribution in [0.1, 0.15) is 24.2 Å². The fourth-order valence-electron chi connectivity index (χ4n) is 2.12. The van der Waals surface area contributed by atoms with E-state index < -0.39 is 0 Å². The number of carbonyl (C=O) groups excluding carboxylic acids is 1. The zero-order valence-corrected chi connectivity index (χ0v) is 10.8. The number of halogens is 1. The molecule has 0 unspecified atom stereocenters. The van der Waals surface area contributed by atoms with Crippen molar-refractivity contribution in [3.05, 3.63) is 28.8 Å². The number of benzene rings is 1. The zero-order chi connectivity index (χ0) is 12.5. The van der Waals surface area contributed by atoms with Gasteiger partial charge in [-0.1, -0.05) is 11.6 Å². The van der Waals surface area contributed by atoms with Crippen LogP contribution in [0.5, 0.6) is 0 Å². The van der Waals surface area contributed by atoms with Crippen molar-refractivity contribution in [2.24, 2.45) is 0 Å². The summed E-state index contributed by atoms with van der Waals surface area (Å²) in [6.07, 6.45) is 0.774. The van der Waals surface area contributed by atoms with Crippen LogP contribution in [0.15, 0.2) is 18.2 Å². The highest BCUT2D eigenvalue weighted by molar-refractivity contribution is 6.33. The highest BCUT2D eigenvalue weighted by Crippen LogP contribution is 2.29. The van der Waals surface area contributed by atoms with Crippen LogP contribution in [0.25, 0.3) is 0 Å². The fourth-order valence-corrected chi connectivity index (χ4v) is 2.34. The van der Waals surface area contributed by atoms with Crippen molar-refractivity contribution < 1.29 is 9.53 Å². The number of hydrogen-bond donors (Lipinski definition) is 0. The molecule has 0 aliphatic carbocycles. The minimum absolute atomic E-state index is 0.0513. The second-order valence-corrected chi connectivity index (χ2v) is 5.25. The van der Waals surface area contributed by atoms with E-state index in [-0.39, 0.29) is 5.54 Å². The quantitative estimate of drug-likeness (QED) is 0.759. The maximum Gasteiger partial charge on any atom is 0.151 e. The standard InChI is InChI=1S/C13H16ClNO2/c1-13(2)9-17-6-5-15(13)11-4-3-10(8-16)12(14)7-11/h3-4,7-8H,5-6,9H2,1-2H3. The topological polar surface area (TPSA) is 29.5 Å². The molecule has 1 aromatic carbocycles. The first-order valence-corrected chi connectivity index (χ1v) is 6.02. The molecule has 1 fully saturated rings. The van der Waals surface area contributed by atoms with Crippen molar-refractivity contribution in [2.75, 3.05) is 24.7 Å². The van der Waals surface area contributed by atoms with Crippen LogP contribution in [0.4, 0.5) is 5.69 Å². The van der Waals surface area contributed by atoms with Crippen LogP contribution in [0, 0.1) is 0 Å². The van der Waals surface area contributed by atoms with Crippen molar-refractivity contribution in [3.63, 3.8) is 0 Å². The normalized spacial score (nSPS) is 19.1. The lowest BCUT2D eigenvalue weighted by molar-refractivity contribution is 0.0644. The third kappa shape index (κ3) is 2.45. The van der Waals surface area contributed by atoms with E-state index in [0.717, 1.165) is 25.1 Å². The summed E-state index contributed by atoms with van der Waals surface area (Å²) in [7, 11) is 0. The van der Waals surface area contributed by atoms with Crippen molar-refractivity contribution in [2.45, 2.75) is 19.4 Å². The number of rotatable bonds is 2. The van der Waals surface area contributed by atoms with Crippen LogP contribution < -0.4 is 4.90 Å². The summed E-state index contributed by atoms with van der Waals surface area (Å²) in [6, 6.07) is 5.54. The monoisotopic (exact) mass is 253 g/mol. The predicted octanol–water partition coefficient (Wildman–Crippen LogP) is 2.77. The van der Waals surface area contributed by atoms with Crippen molar-refractivity contribution in [1.82, 2.24) is 0 Å². The average molecular weight is 254 g/mol. The van der Waals surface area contributed by atoms with E-state index in [0.29, 0.717) is 17.2 Å². The molecule has 0 bridgehead atoms.